The van der Waals surface area contributed by atoms with Crippen LogP contribution < -0.4 is 0 Å². The van der Waals surface area contributed by atoms with Gasteiger partial charge < -0.3 is 24.2 Å². The number of hydrogen-bond donors (Lipinski definition) is 0. The van der Waals surface area contributed by atoms with Gasteiger partial charge in [0.25, 0.3) is 0 Å². The van der Waals surface area contributed by atoms with Crippen LogP contribution >= 0.6 is 0 Å². The fraction of sp³-hybridized carbons (Fsp3) is 0.882. The molecule has 0 aromatic rings. The third kappa shape index (κ3) is 8.01. The van der Waals surface area contributed by atoms with Gasteiger partial charge in [0.1, 0.15) is 0 Å². The number of nitrogens with zero attached hydrogens (tertiary/aromatic N) is 4. The number of ether oxygens (including phenoxy) is 2. The second-order valence-corrected chi connectivity index (χ2v) is 6.54. The lowest BCUT2D eigenvalue weighted by Crippen LogP contribution is -2.39. The van der Waals surface area contributed by atoms with Gasteiger partial charge in [-0.25, -0.2) is 0 Å². The molecule has 3 aliphatic heterocycles. The molecule has 1 fully saturated rings. The maximum Gasteiger partial charge on any atom is 0.0642 e. The molecule has 6 heteroatoms. The highest BCUT2D eigenvalue weighted by molar-refractivity contribution is 4.82. The molecule has 1 saturated heterocycles. The molecule has 0 aromatic carbocycles. The first kappa shape index (κ1) is 18.5. The van der Waals surface area contributed by atoms with Crippen molar-refractivity contribution in [1.29, 1.82) is 0 Å². The van der Waals surface area contributed by atoms with E-state index in [9.17, 15) is 0 Å². The first-order valence-electron chi connectivity index (χ1n) is 8.93. The van der Waals surface area contributed by atoms with E-state index in [2.05, 4.69) is 46.1 Å². The highest BCUT2D eigenvalue weighted by Gasteiger charge is 2.10. The van der Waals surface area contributed by atoms with E-state index in [4.69, 9.17) is 9.47 Å². The van der Waals surface area contributed by atoms with Crippen LogP contribution in [-0.2, 0) is 9.47 Å². The normalized spacial score (nSPS) is 26.5. The first-order chi connectivity index (χ1) is 11.2. The third-order valence-electron chi connectivity index (χ3n) is 4.53. The molecule has 23 heavy (non-hydrogen) atoms. The Morgan fingerprint density at radius 2 is 1.30 bits per heavy atom. The second kappa shape index (κ2) is 10.9. The van der Waals surface area contributed by atoms with Gasteiger partial charge in [0.05, 0.1) is 26.4 Å². The van der Waals surface area contributed by atoms with Gasteiger partial charge in [-0.05, 0) is 20.0 Å². The fourth-order valence-electron chi connectivity index (χ4n) is 2.85. The average molecular weight is 326 g/mol. The summed E-state index contributed by atoms with van der Waals surface area (Å²) < 4.78 is 11.7. The molecule has 0 N–H and O–H groups in total. The Labute approximate surface area is 141 Å². The van der Waals surface area contributed by atoms with E-state index in [0.717, 1.165) is 78.8 Å². The monoisotopic (exact) mass is 326 g/mol. The first-order valence-corrected chi connectivity index (χ1v) is 8.93. The molecule has 134 valence electrons. The zero-order chi connectivity index (χ0) is 16.3. The largest absolute Gasteiger partial charge is 0.379 e. The molecular formula is C17H34N4O2. The van der Waals surface area contributed by atoms with E-state index < -0.39 is 0 Å². The van der Waals surface area contributed by atoms with Crippen LogP contribution in [0.3, 0.4) is 0 Å². The van der Waals surface area contributed by atoms with Gasteiger partial charge in [0.2, 0.25) is 0 Å². The summed E-state index contributed by atoms with van der Waals surface area (Å²) in [7, 11) is 4.37. The maximum atomic E-state index is 5.84. The lowest BCUT2D eigenvalue weighted by Gasteiger charge is -2.28. The molecule has 0 saturated carbocycles. The van der Waals surface area contributed by atoms with Crippen LogP contribution in [-0.4, -0.2) is 112 Å². The molecule has 3 heterocycles. The summed E-state index contributed by atoms with van der Waals surface area (Å²) in [5, 5.41) is 0. The number of fused-ring (bicyclic) bond motifs is 15. The SMILES string of the molecule is CN1/C=C\N2CCOCCN(CCOCC2)CCN(C)CCC1. The molecule has 0 spiro atoms. The highest BCUT2D eigenvalue weighted by Crippen LogP contribution is 2.00. The second-order valence-electron chi connectivity index (χ2n) is 6.54. The van der Waals surface area contributed by atoms with Crippen LogP contribution in [0.2, 0.25) is 0 Å². The van der Waals surface area contributed by atoms with Crippen molar-refractivity contribution in [2.45, 2.75) is 6.42 Å². The van der Waals surface area contributed by atoms with E-state index in [1.807, 2.05) is 0 Å². The highest BCUT2D eigenvalue weighted by atomic mass is 16.5. The summed E-state index contributed by atoms with van der Waals surface area (Å²) in [5.74, 6) is 0. The lowest BCUT2D eigenvalue weighted by molar-refractivity contribution is 0.0451. The third-order valence-corrected chi connectivity index (χ3v) is 4.53. The predicted molar refractivity (Wildman–Crippen MR) is 93.5 cm³/mol. The molecule has 0 aliphatic carbocycles. The van der Waals surface area contributed by atoms with Crippen LogP contribution in [0, 0.1) is 0 Å². The van der Waals surface area contributed by atoms with Crippen molar-refractivity contribution in [3.8, 4) is 0 Å². The summed E-state index contributed by atoms with van der Waals surface area (Å²) >= 11 is 0. The Morgan fingerprint density at radius 1 is 0.652 bits per heavy atom. The van der Waals surface area contributed by atoms with Gasteiger partial charge in [0.15, 0.2) is 0 Å². The molecule has 2 bridgehead atoms. The van der Waals surface area contributed by atoms with Crippen molar-refractivity contribution >= 4 is 0 Å². The number of rotatable bonds is 0. The van der Waals surface area contributed by atoms with Gasteiger partial charge in [-0.1, -0.05) is 0 Å². The Balaban J connectivity index is 2.00. The van der Waals surface area contributed by atoms with Crippen molar-refractivity contribution < 1.29 is 9.47 Å². The smallest absolute Gasteiger partial charge is 0.0642 e. The van der Waals surface area contributed by atoms with Gasteiger partial charge >= 0.3 is 0 Å². The summed E-state index contributed by atoms with van der Waals surface area (Å²) in [4.78, 5) is 9.46. The Kier molecular flexibility index (Phi) is 8.74. The van der Waals surface area contributed by atoms with E-state index in [1.165, 1.54) is 6.42 Å². The fourth-order valence-corrected chi connectivity index (χ4v) is 2.85. The van der Waals surface area contributed by atoms with E-state index in [1.54, 1.807) is 0 Å². The van der Waals surface area contributed by atoms with E-state index in [0.29, 0.717) is 0 Å². The molecule has 0 aromatic heterocycles. The standard InChI is InChI=1S/C17H34N4O2/c1-18-4-3-5-19(2)7-9-21-12-16-22-14-10-20(8-6-18)11-15-23-17-13-21/h6,8H,3-5,7,9-17H2,1-2H3/b8-6-. The van der Waals surface area contributed by atoms with Crippen molar-refractivity contribution in [3.05, 3.63) is 12.4 Å². The molecule has 0 atom stereocenters. The van der Waals surface area contributed by atoms with Crippen molar-refractivity contribution in [2.75, 3.05) is 92.9 Å². The minimum atomic E-state index is 0.780. The molecule has 6 nitrogen and oxygen atoms in total. The quantitative estimate of drug-likeness (QED) is 0.640. The lowest BCUT2D eigenvalue weighted by atomic mass is 10.3. The zero-order valence-corrected chi connectivity index (χ0v) is 15.0. The average Bonchev–Trinajstić information content (AvgIpc) is 2.52. The predicted octanol–water partition coefficient (Wildman–Crippen LogP) is 0.376. The van der Waals surface area contributed by atoms with Crippen molar-refractivity contribution in [2.24, 2.45) is 0 Å². The molecule has 3 aliphatic rings. The number of likely N-dealkylation sites (N-methyl/N-ethyl adjacent to an activating group) is 1. The molecule has 0 unspecified atom stereocenters. The topological polar surface area (TPSA) is 31.4 Å². The van der Waals surface area contributed by atoms with Gasteiger partial charge in [0, 0.05) is 65.3 Å². The van der Waals surface area contributed by atoms with Crippen LogP contribution in [0.15, 0.2) is 12.4 Å². The molecule has 0 radical (unpaired) electrons. The van der Waals surface area contributed by atoms with Crippen molar-refractivity contribution in [3.63, 3.8) is 0 Å². The Hall–Kier alpha value is -0.820. The van der Waals surface area contributed by atoms with Crippen LogP contribution in [0.4, 0.5) is 0 Å². The van der Waals surface area contributed by atoms with Gasteiger partial charge in [-0.2, -0.15) is 0 Å². The summed E-state index contributed by atoms with van der Waals surface area (Å²) in [6, 6.07) is 0. The van der Waals surface area contributed by atoms with Gasteiger partial charge in [-0.15, -0.1) is 0 Å². The minimum absolute atomic E-state index is 0.780. The van der Waals surface area contributed by atoms with Crippen LogP contribution in [0.5, 0.6) is 0 Å². The van der Waals surface area contributed by atoms with Crippen LogP contribution in [0.1, 0.15) is 6.42 Å². The van der Waals surface area contributed by atoms with E-state index in [-0.39, 0.29) is 0 Å². The maximum absolute atomic E-state index is 5.84. The number of hydrogen-bond acceptors (Lipinski definition) is 6. The minimum Gasteiger partial charge on any atom is -0.379 e. The summed E-state index contributed by atoms with van der Waals surface area (Å²) in [5.41, 5.74) is 0. The van der Waals surface area contributed by atoms with Crippen molar-refractivity contribution in [1.82, 2.24) is 19.6 Å². The van der Waals surface area contributed by atoms with E-state index >= 15 is 0 Å². The molecule has 3 rings (SSSR count). The van der Waals surface area contributed by atoms with Crippen LogP contribution in [0.25, 0.3) is 0 Å². The molecular weight excluding hydrogens is 292 g/mol. The Morgan fingerprint density at radius 3 is 2.00 bits per heavy atom. The molecule has 0 amide bonds. The Bertz CT molecular complexity index is 327. The summed E-state index contributed by atoms with van der Waals surface area (Å²) in [6.07, 6.45) is 5.56. The summed E-state index contributed by atoms with van der Waals surface area (Å²) in [6.45, 7) is 11.4. The zero-order valence-electron chi connectivity index (χ0n) is 15.0. The van der Waals surface area contributed by atoms with Gasteiger partial charge in [-0.3, -0.25) is 4.90 Å².